The third kappa shape index (κ3) is 1.11. The minimum absolute atomic E-state index is 0. The Morgan fingerprint density at radius 2 is 1.88 bits per heavy atom. The number of carbonyl (C=O) groups is 1. The molecule has 1 saturated carbocycles. The van der Waals surface area contributed by atoms with Gasteiger partial charge < -0.3 is 11.5 Å². The Morgan fingerprint density at radius 1 is 1.50 bits per heavy atom. The largest absolute Gasteiger partial charge is 0.368 e. The second-order valence-corrected chi connectivity index (χ2v) is 2.02. The molecule has 0 bridgehead atoms. The third-order valence-corrected chi connectivity index (χ3v) is 1.28. The normalized spacial score (nSPS) is 21.1. The van der Waals surface area contributed by atoms with E-state index in [1.165, 1.54) is 0 Å². The molecule has 3 nitrogen and oxygen atoms in total. The van der Waals surface area contributed by atoms with Gasteiger partial charge in [0.1, 0.15) is 0 Å². The van der Waals surface area contributed by atoms with Crippen molar-refractivity contribution in [3.63, 3.8) is 0 Å². The Labute approximate surface area is 53.8 Å². The zero-order valence-corrected chi connectivity index (χ0v) is 5.20. The first-order valence-corrected chi connectivity index (χ1v) is 2.24. The molecule has 0 aromatic carbocycles. The molecule has 8 heavy (non-hydrogen) atoms. The number of nitrogens with two attached hydrogens (primary N) is 2. The smallest absolute Gasteiger partial charge is 0.237 e. The molecule has 4 N–H and O–H groups in total. The van der Waals surface area contributed by atoms with Crippen LogP contribution in [0.5, 0.6) is 0 Å². The highest BCUT2D eigenvalue weighted by atomic mass is 35.5. The quantitative estimate of drug-likeness (QED) is 0.505. The Bertz CT molecular complexity index is 111. The summed E-state index contributed by atoms with van der Waals surface area (Å²) in [4.78, 5) is 10.2. The van der Waals surface area contributed by atoms with Crippen LogP contribution in [-0.4, -0.2) is 11.4 Å². The van der Waals surface area contributed by atoms with E-state index in [-0.39, 0.29) is 18.3 Å². The van der Waals surface area contributed by atoms with Crippen molar-refractivity contribution in [1.29, 1.82) is 0 Å². The van der Waals surface area contributed by atoms with Crippen LogP contribution in [0.2, 0.25) is 0 Å². The van der Waals surface area contributed by atoms with Crippen LogP contribution in [0, 0.1) is 0 Å². The van der Waals surface area contributed by atoms with Crippen LogP contribution in [0.3, 0.4) is 0 Å². The number of rotatable bonds is 1. The van der Waals surface area contributed by atoms with Gasteiger partial charge in [0.25, 0.3) is 0 Å². The maximum absolute atomic E-state index is 10.2. The average Bonchev–Trinajstić information content (AvgIpc) is 2.21. The molecule has 0 aromatic rings. The lowest BCUT2D eigenvalue weighted by Crippen LogP contribution is -2.38. The van der Waals surface area contributed by atoms with Crippen molar-refractivity contribution in [2.75, 3.05) is 0 Å². The van der Waals surface area contributed by atoms with Gasteiger partial charge in [0.05, 0.1) is 5.54 Å². The Hall–Kier alpha value is -0.280. The zero-order valence-electron chi connectivity index (χ0n) is 4.39. The van der Waals surface area contributed by atoms with Crippen molar-refractivity contribution >= 4 is 18.3 Å². The minimum Gasteiger partial charge on any atom is -0.368 e. The van der Waals surface area contributed by atoms with Crippen LogP contribution < -0.4 is 11.5 Å². The van der Waals surface area contributed by atoms with Crippen molar-refractivity contribution in [3.05, 3.63) is 0 Å². The Balaban J connectivity index is 0.000000490. The molecule has 48 valence electrons. The zero-order chi connectivity index (χ0) is 5.49. The molecule has 1 rings (SSSR count). The number of carbonyl (C=O) groups excluding carboxylic acids is 1. The summed E-state index contributed by atoms with van der Waals surface area (Å²) in [7, 11) is 0. The first kappa shape index (κ1) is 7.72. The van der Waals surface area contributed by atoms with Gasteiger partial charge in [0, 0.05) is 0 Å². The average molecular weight is 137 g/mol. The summed E-state index contributed by atoms with van der Waals surface area (Å²) in [6, 6.07) is 0. The van der Waals surface area contributed by atoms with Crippen molar-refractivity contribution in [3.8, 4) is 0 Å². The lowest BCUT2D eigenvalue weighted by Gasteiger charge is -1.97. The van der Waals surface area contributed by atoms with Gasteiger partial charge in [-0.1, -0.05) is 0 Å². The predicted molar refractivity (Wildman–Crippen MR) is 32.6 cm³/mol. The van der Waals surface area contributed by atoms with E-state index >= 15 is 0 Å². The van der Waals surface area contributed by atoms with Crippen molar-refractivity contribution < 1.29 is 4.79 Å². The van der Waals surface area contributed by atoms with E-state index in [4.69, 9.17) is 11.5 Å². The van der Waals surface area contributed by atoms with Gasteiger partial charge in [0.2, 0.25) is 5.91 Å². The topological polar surface area (TPSA) is 69.1 Å². The second-order valence-electron chi connectivity index (χ2n) is 2.02. The SMILES string of the molecule is Cl.NC(=O)C1(N)CC1. The first-order valence-electron chi connectivity index (χ1n) is 2.24. The highest BCUT2D eigenvalue weighted by molar-refractivity contribution is 5.87. The van der Waals surface area contributed by atoms with E-state index in [0.29, 0.717) is 0 Å². The first-order chi connectivity index (χ1) is 3.15. The van der Waals surface area contributed by atoms with Crippen LogP contribution in [-0.2, 0) is 4.79 Å². The van der Waals surface area contributed by atoms with Crippen LogP contribution in [0.15, 0.2) is 0 Å². The monoisotopic (exact) mass is 136 g/mol. The summed E-state index contributed by atoms with van der Waals surface area (Å²) in [5, 5.41) is 0. The predicted octanol–water partition coefficient (Wildman–Crippen LogP) is -0.615. The van der Waals surface area contributed by atoms with Crippen molar-refractivity contribution in [1.82, 2.24) is 0 Å². The third-order valence-electron chi connectivity index (χ3n) is 1.28. The fourth-order valence-electron chi connectivity index (χ4n) is 0.381. The number of hydrogen-bond acceptors (Lipinski definition) is 2. The number of primary amides is 1. The maximum atomic E-state index is 10.2. The van der Waals surface area contributed by atoms with Gasteiger partial charge in [-0.3, -0.25) is 4.79 Å². The van der Waals surface area contributed by atoms with E-state index in [9.17, 15) is 4.79 Å². The van der Waals surface area contributed by atoms with Crippen LogP contribution in [0.25, 0.3) is 0 Å². The molecule has 1 fully saturated rings. The standard InChI is InChI=1S/C4H8N2O.ClH/c5-3(7)4(6)1-2-4;/h1-2,6H2,(H2,5,7);1H. The molecule has 0 radical (unpaired) electrons. The van der Waals surface area contributed by atoms with Crippen LogP contribution in [0.1, 0.15) is 12.8 Å². The van der Waals surface area contributed by atoms with Crippen molar-refractivity contribution in [2.24, 2.45) is 11.5 Å². The number of halogens is 1. The molecule has 1 amide bonds. The molecule has 4 heteroatoms. The number of hydrogen-bond donors (Lipinski definition) is 2. The summed E-state index contributed by atoms with van der Waals surface area (Å²) in [6.07, 6.45) is 1.53. The summed E-state index contributed by atoms with van der Waals surface area (Å²) < 4.78 is 0. The minimum atomic E-state index is -0.611. The molecule has 0 aliphatic heterocycles. The molecule has 0 aromatic heterocycles. The molecule has 0 unspecified atom stereocenters. The van der Waals surface area contributed by atoms with Gasteiger partial charge in [-0.15, -0.1) is 12.4 Å². The van der Waals surface area contributed by atoms with Crippen molar-refractivity contribution in [2.45, 2.75) is 18.4 Å². The molecule has 0 atom stereocenters. The fourth-order valence-corrected chi connectivity index (χ4v) is 0.381. The van der Waals surface area contributed by atoms with Gasteiger partial charge in [-0.2, -0.15) is 0 Å². The van der Waals surface area contributed by atoms with Gasteiger partial charge in [-0.05, 0) is 12.8 Å². The van der Waals surface area contributed by atoms with Gasteiger partial charge in [-0.25, -0.2) is 0 Å². The summed E-state index contributed by atoms with van der Waals surface area (Å²) in [5.41, 5.74) is 9.57. The molecule has 1 aliphatic rings. The van der Waals surface area contributed by atoms with Gasteiger partial charge >= 0.3 is 0 Å². The van der Waals surface area contributed by atoms with Gasteiger partial charge in [0.15, 0.2) is 0 Å². The summed E-state index contributed by atoms with van der Waals surface area (Å²) in [5.74, 6) is -0.368. The van der Waals surface area contributed by atoms with E-state index < -0.39 is 5.54 Å². The Kier molecular flexibility index (Phi) is 1.85. The molecular formula is C4H9ClN2O. The molecule has 0 heterocycles. The van der Waals surface area contributed by atoms with Crippen LogP contribution >= 0.6 is 12.4 Å². The summed E-state index contributed by atoms with van der Waals surface area (Å²) >= 11 is 0. The lowest BCUT2D eigenvalue weighted by atomic mass is 10.3. The molecule has 1 aliphatic carbocycles. The summed E-state index contributed by atoms with van der Waals surface area (Å²) in [6.45, 7) is 0. The highest BCUT2D eigenvalue weighted by Gasteiger charge is 2.44. The van der Waals surface area contributed by atoms with E-state index in [1.54, 1.807) is 0 Å². The molecule has 0 saturated heterocycles. The van der Waals surface area contributed by atoms with E-state index in [0.717, 1.165) is 12.8 Å². The molecular weight excluding hydrogens is 128 g/mol. The molecule has 0 spiro atoms. The fraction of sp³-hybridized carbons (Fsp3) is 0.750. The Morgan fingerprint density at radius 3 is 1.88 bits per heavy atom. The van der Waals surface area contributed by atoms with E-state index in [2.05, 4.69) is 0 Å². The highest BCUT2D eigenvalue weighted by Crippen LogP contribution is 2.30. The lowest BCUT2D eigenvalue weighted by molar-refractivity contribution is -0.120. The van der Waals surface area contributed by atoms with Crippen LogP contribution in [0.4, 0.5) is 0 Å². The second kappa shape index (κ2) is 1.91. The number of amides is 1. The van der Waals surface area contributed by atoms with E-state index in [1.807, 2.05) is 0 Å². The maximum Gasteiger partial charge on any atom is 0.237 e.